The topological polar surface area (TPSA) is 64.6 Å². The highest BCUT2D eigenvalue weighted by atomic mass is 28.4. The molecule has 1 saturated heterocycles. The Labute approximate surface area is 96.6 Å². The van der Waals surface area contributed by atoms with Crippen molar-refractivity contribution in [2.24, 2.45) is 5.92 Å². The molecule has 1 amide bonds. The van der Waals surface area contributed by atoms with Gasteiger partial charge in [0.25, 0.3) is 0 Å². The van der Waals surface area contributed by atoms with Crippen molar-refractivity contribution in [1.29, 1.82) is 0 Å². The molecule has 3 unspecified atom stereocenters. The van der Waals surface area contributed by atoms with Crippen molar-refractivity contribution >= 4 is 20.2 Å². The third kappa shape index (κ3) is 3.31. The first-order valence-electron chi connectivity index (χ1n) is 5.36. The number of amides is 1. The van der Waals surface area contributed by atoms with E-state index in [2.05, 4.69) is 25.0 Å². The summed E-state index contributed by atoms with van der Waals surface area (Å²) >= 11 is 0. The molecule has 5 nitrogen and oxygen atoms in total. The fraction of sp³-hybridized carbons (Fsp3) is 0.800. The summed E-state index contributed by atoms with van der Waals surface area (Å²) in [5, 5.41) is 2.54. The van der Waals surface area contributed by atoms with Gasteiger partial charge in [0.15, 0.2) is 14.5 Å². The number of esters is 1. The summed E-state index contributed by atoms with van der Waals surface area (Å²) in [7, 11) is -1.69. The smallest absolute Gasteiger partial charge is 0.304 e. The van der Waals surface area contributed by atoms with Gasteiger partial charge in [-0.05, 0) is 26.6 Å². The molecule has 0 saturated carbocycles. The van der Waals surface area contributed by atoms with Crippen LogP contribution in [-0.4, -0.2) is 32.5 Å². The molecule has 1 aliphatic rings. The van der Waals surface area contributed by atoms with Crippen molar-refractivity contribution < 1.29 is 18.8 Å². The van der Waals surface area contributed by atoms with E-state index in [0.717, 1.165) is 0 Å². The van der Waals surface area contributed by atoms with Gasteiger partial charge in [-0.15, -0.1) is 0 Å². The molecule has 92 valence electrons. The van der Waals surface area contributed by atoms with Gasteiger partial charge in [0, 0.05) is 6.92 Å². The van der Waals surface area contributed by atoms with E-state index >= 15 is 0 Å². The number of rotatable bonds is 4. The van der Waals surface area contributed by atoms with E-state index in [1.807, 2.05) is 6.92 Å². The predicted molar refractivity (Wildman–Crippen MR) is 61.1 cm³/mol. The molecule has 0 aromatic rings. The summed E-state index contributed by atoms with van der Waals surface area (Å²) in [5.74, 6) is -0.886. The lowest BCUT2D eigenvalue weighted by Gasteiger charge is -2.40. The average molecular weight is 245 g/mol. The second-order valence-corrected chi connectivity index (χ2v) is 9.46. The zero-order chi connectivity index (χ0) is 12.5. The van der Waals surface area contributed by atoms with Crippen LogP contribution in [0.4, 0.5) is 0 Å². The van der Waals surface area contributed by atoms with Crippen LogP contribution in [0.2, 0.25) is 19.6 Å². The second kappa shape index (κ2) is 4.55. The van der Waals surface area contributed by atoms with Gasteiger partial charge in [-0.1, -0.05) is 0 Å². The number of nitrogens with one attached hydrogen (secondary N) is 1. The summed E-state index contributed by atoms with van der Waals surface area (Å²) < 4.78 is 10.8. The molecule has 1 heterocycles. The summed E-state index contributed by atoms with van der Waals surface area (Å²) in [5.41, 5.74) is 0. The molecule has 0 spiro atoms. The van der Waals surface area contributed by atoms with Gasteiger partial charge in [-0.2, -0.15) is 0 Å². The maximum Gasteiger partial charge on any atom is 0.304 e. The molecule has 16 heavy (non-hydrogen) atoms. The number of hydrogen-bond acceptors (Lipinski definition) is 4. The first-order chi connectivity index (χ1) is 7.20. The van der Waals surface area contributed by atoms with Crippen LogP contribution in [0, 0.1) is 5.92 Å². The summed E-state index contributed by atoms with van der Waals surface area (Å²) in [6.07, 6.45) is -0.749. The Kier molecular flexibility index (Phi) is 3.74. The van der Waals surface area contributed by atoms with E-state index in [4.69, 9.17) is 9.16 Å². The Morgan fingerprint density at radius 1 is 1.44 bits per heavy atom. The van der Waals surface area contributed by atoms with Crippen molar-refractivity contribution in [2.75, 3.05) is 0 Å². The van der Waals surface area contributed by atoms with Gasteiger partial charge in [0.1, 0.15) is 5.92 Å². The lowest BCUT2D eigenvalue weighted by atomic mass is 9.93. The SMILES string of the molecule is CC(=O)OC1NC(=O)C1C(C)O[Si](C)(C)C. The molecule has 0 aromatic heterocycles. The van der Waals surface area contributed by atoms with Crippen LogP contribution in [0.1, 0.15) is 13.8 Å². The number of β-lactam (4-membered cyclic amide) rings is 1. The number of ether oxygens (including phenoxy) is 1. The summed E-state index contributed by atoms with van der Waals surface area (Å²) in [6, 6.07) is 0. The van der Waals surface area contributed by atoms with E-state index in [1.165, 1.54) is 6.92 Å². The highest BCUT2D eigenvalue weighted by Gasteiger charge is 2.46. The lowest BCUT2D eigenvalue weighted by Crippen LogP contribution is -2.64. The van der Waals surface area contributed by atoms with Crippen LogP contribution in [-0.2, 0) is 18.8 Å². The van der Waals surface area contributed by atoms with Crippen LogP contribution < -0.4 is 5.32 Å². The van der Waals surface area contributed by atoms with Crippen LogP contribution in [0.25, 0.3) is 0 Å². The molecular weight excluding hydrogens is 226 g/mol. The molecule has 1 N–H and O–H groups in total. The maximum absolute atomic E-state index is 11.4. The minimum Gasteiger partial charge on any atom is -0.441 e. The molecule has 3 atom stereocenters. The van der Waals surface area contributed by atoms with Gasteiger partial charge in [-0.3, -0.25) is 9.59 Å². The molecule has 1 fully saturated rings. The van der Waals surface area contributed by atoms with Crippen molar-refractivity contribution in [1.82, 2.24) is 5.32 Å². The van der Waals surface area contributed by atoms with Crippen LogP contribution >= 0.6 is 0 Å². The Morgan fingerprint density at radius 2 is 2.00 bits per heavy atom. The number of carbonyl (C=O) groups excluding carboxylic acids is 2. The fourth-order valence-electron chi connectivity index (χ4n) is 1.74. The predicted octanol–water partition coefficient (Wildman–Crippen LogP) is 0.862. The third-order valence-corrected chi connectivity index (χ3v) is 3.33. The lowest BCUT2D eigenvalue weighted by molar-refractivity contribution is -0.172. The second-order valence-electron chi connectivity index (χ2n) is 5.00. The minimum absolute atomic E-state index is 0.114. The Morgan fingerprint density at radius 3 is 2.38 bits per heavy atom. The molecule has 0 radical (unpaired) electrons. The standard InChI is InChI=1S/C10H19NO4Si/c1-6(15-16(3,4)5)8-9(13)11-10(8)14-7(2)12/h6,8,10H,1-5H3,(H,11,13). The van der Waals surface area contributed by atoms with E-state index in [0.29, 0.717) is 0 Å². The first kappa shape index (κ1) is 13.2. The maximum atomic E-state index is 11.4. The van der Waals surface area contributed by atoms with Gasteiger partial charge in [-0.25, -0.2) is 0 Å². The fourth-order valence-corrected chi connectivity index (χ4v) is 3.00. The van der Waals surface area contributed by atoms with Crippen molar-refractivity contribution in [2.45, 2.75) is 45.8 Å². The van der Waals surface area contributed by atoms with Gasteiger partial charge in [0.05, 0.1) is 6.10 Å². The van der Waals surface area contributed by atoms with Crippen molar-refractivity contribution in [3.8, 4) is 0 Å². The zero-order valence-corrected chi connectivity index (χ0v) is 11.4. The quantitative estimate of drug-likeness (QED) is 0.453. The van der Waals surface area contributed by atoms with E-state index in [-0.39, 0.29) is 17.9 Å². The molecule has 0 bridgehead atoms. The van der Waals surface area contributed by atoms with Gasteiger partial charge < -0.3 is 14.5 Å². The zero-order valence-electron chi connectivity index (χ0n) is 10.4. The first-order valence-corrected chi connectivity index (χ1v) is 8.77. The third-order valence-electron chi connectivity index (χ3n) is 2.25. The summed E-state index contributed by atoms with van der Waals surface area (Å²) in [6.45, 7) is 9.34. The van der Waals surface area contributed by atoms with Gasteiger partial charge >= 0.3 is 5.97 Å². The number of carbonyl (C=O) groups is 2. The van der Waals surface area contributed by atoms with Crippen LogP contribution in [0.3, 0.4) is 0 Å². The molecule has 0 aromatic carbocycles. The Bertz CT molecular complexity index is 300. The molecule has 1 aliphatic heterocycles. The van der Waals surface area contributed by atoms with E-state index in [1.54, 1.807) is 0 Å². The monoisotopic (exact) mass is 245 g/mol. The van der Waals surface area contributed by atoms with Crippen molar-refractivity contribution in [3.63, 3.8) is 0 Å². The highest BCUT2D eigenvalue weighted by molar-refractivity contribution is 6.69. The van der Waals surface area contributed by atoms with Crippen molar-refractivity contribution in [3.05, 3.63) is 0 Å². The summed E-state index contributed by atoms with van der Waals surface area (Å²) in [4.78, 5) is 22.2. The molecule has 6 heteroatoms. The normalized spacial score (nSPS) is 26.7. The number of hydrogen-bond donors (Lipinski definition) is 1. The van der Waals surface area contributed by atoms with E-state index < -0.39 is 20.5 Å². The Hall–Kier alpha value is -0.883. The Balaban J connectivity index is 2.56. The molecule has 1 rings (SSSR count). The largest absolute Gasteiger partial charge is 0.441 e. The highest BCUT2D eigenvalue weighted by Crippen LogP contribution is 2.24. The average Bonchev–Trinajstić information content (AvgIpc) is 1.97. The molecular formula is C10H19NO4Si. The molecule has 0 aliphatic carbocycles. The minimum atomic E-state index is -1.69. The van der Waals surface area contributed by atoms with E-state index in [9.17, 15) is 9.59 Å². The van der Waals surface area contributed by atoms with Crippen LogP contribution in [0.15, 0.2) is 0 Å². The van der Waals surface area contributed by atoms with Crippen LogP contribution in [0.5, 0.6) is 0 Å². The van der Waals surface area contributed by atoms with Gasteiger partial charge in [0.2, 0.25) is 5.91 Å².